The van der Waals surface area contributed by atoms with Gasteiger partial charge >= 0.3 is 0 Å². The van der Waals surface area contributed by atoms with Crippen LogP contribution in [-0.2, 0) is 4.74 Å². The number of halogens is 1. The molecule has 0 aliphatic carbocycles. The molecule has 1 aromatic heterocycles. The Morgan fingerprint density at radius 2 is 2.40 bits per heavy atom. The van der Waals surface area contributed by atoms with Gasteiger partial charge in [-0.2, -0.15) is 0 Å². The monoisotopic (exact) mass is 288 g/mol. The topological polar surface area (TPSA) is 26.3 Å². The van der Waals surface area contributed by atoms with Gasteiger partial charge in [-0.15, -0.1) is 11.3 Å². The predicted molar refractivity (Wildman–Crippen MR) is 64.7 cm³/mol. The van der Waals surface area contributed by atoms with Crippen LogP contribution < -0.4 is 0 Å². The molecule has 1 unspecified atom stereocenters. The van der Waals surface area contributed by atoms with Crippen molar-refractivity contribution < 1.29 is 9.53 Å². The van der Waals surface area contributed by atoms with Gasteiger partial charge in [-0.25, -0.2) is 0 Å². The van der Waals surface area contributed by atoms with Gasteiger partial charge in [0.1, 0.15) is 6.10 Å². The van der Waals surface area contributed by atoms with Crippen LogP contribution in [0.4, 0.5) is 0 Å². The Labute approximate surface area is 102 Å². The molecule has 1 aromatic rings. The summed E-state index contributed by atoms with van der Waals surface area (Å²) < 4.78 is 6.53. The van der Waals surface area contributed by atoms with Gasteiger partial charge in [0.2, 0.25) is 5.78 Å². The van der Waals surface area contributed by atoms with E-state index in [-0.39, 0.29) is 11.9 Å². The van der Waals surface area contributed by atoms with Crippen LogP contribution in [0.2, 0.25) is 0 Å². The van der Waals surface area contributed by atoms with Crippen molar-refractivity contribution in [1.82, 2.24) is 0 Å². The summed E-state index contributed by atoms with van der Waals surface area (Å²) in [6, 6.07) is 1.94. The Hall–Kier alpha value is -0.190. The Bertz CT molecular complexity index is 347. The largest absolute Gasteiger partial charge is 0.370 e. The number of rotatable bonds is 2. The van der Waals surface area contributed by atoms with Gasteiger partial charge in [0, 0.05) is 6.61 Å². The number of hydrogen-bond donors (Lipinski definition) is 0. The number of ether oxygens (including phenoxy) is 1. The van der Waals surface area contributed by atoms with E-state index < -0.39 is 0 Å². The molecule has 0 aromatic carbocycles. The van der Waals surface area contributed by atoms with Gasteiger partial charge < -0.3 is 4.74 Å². The summed E-state index contributed by atoms with van der Waals surface area (Å²) in [6.07, 6.45) is 2.84. The SMILES string of the molecule is Cc1cc(C(=O)C2CCCCO2)sc1Br. The van der Waals surface area contributed by atoms with E-state index in [0.29, 0.717) is 0 Å². The van der Waals surface area contributed by atoms with Crippen molar-refractivity contribution in [3.63, 3.8) is 0 Å². The van der Waals surface area contributed by atoms with E-state index in [9.17, 15) is 4.79 Å². The lowest BCUT2D eigenvalue weighted by Crippen LogP contribution is -2.27. The van der Waals surface area contributed by atoms with E-state index in [4.69, 9.17) is 4.74 Å². The molecule has 0 amide bonds. The summed E-state index contributed by atoms with van der Waals surface area (Å²) in [5, 5.41) is 0. The molecule has 2 nitrogen and oxygen atoms in total. The number of carbonyl (C=O) groups is 1. The number of carbonyl (C=O) groups excluding carboxylic acids is 1. The zero-order valence-electron chi connectivity index (χ0n) is 8.59. The smallest absolute Gasteiger partial charge is 0.201 e. The molecule has 1 atom stereocenters. The fraction of sp³-hybridized carbons (Fsp3) is 0.545. The average molecular weight is 289 g/mol. The lowest BCUT2D eigenvalue weighted by atomic mass is 10.0. The maximum atomic E-state index is 12.0. The Balaban J connectivity index is 2.12. The highest BCUT2D eigenvalue weighted by Gasteiger charge is 2.24. The lowest BCUT2D eigenvalue weighted by molar-refractivity contribution is 0.0189. The van der Waals surface area contributed by atoms with Crippen LogP contribution in [-0.4, -0.2) is 18.5 Å². The molecule has 0 radical (unpaired) electrons. The van der Waals surface area contributed by atoms with Crippen LogP contribution >= 0.6 is 27.3 Å². The predicted octanol–water partition coefficient (Wildman–Crippen LogP) is 3.57. The molecule has 82 valence electrons. The van der Waals surface area contributed by atoms with Gasteiger partial charge in [0.15, 0.2) is 0 Å². The number of thiophene rings is 1. The second kappa shape index (κ2) is 4.76. The summed E-state index contributed by atoms with van der Waals surface area (Å²) in [5.74, 6) is 0.147. The molecule has 2 rings (SSSR count). The summed E-state index contributed by atoms with van der Waals surface area (Å²) in [4.78, 5) is 12.8. The first kappa shape index (κ1) is 11.3. The summed E-state index contributed by atoms with van der Waals surface area (Å²) in [7, 11) is 0. The number of Topliss-reactive ketones (excluding diaryl/α,β-unsaturated/α-hetero) is 1. The molecule has 15 heavy (non-hydrogen) atoms. The quantitative estimate of drug-likeness (QED) is 0.778. The van der Waals surface area contributed by atoms with Crippen LogP contribution in [0.5, 0.6) is 0 Å². The molecule has 0 bridgehead atoms. The lowest BCUT2D eigenvalue weighted by Gasteiger charge is -2.20. The highest BCUT2D eigenvalue weighted by atomic mass is 79.9. The average Bonchev–Trinajstić information content (AvgIpc) is 2.59. The number of ketones is 1. The molecule has 1 fully saturated rings. The van der Waals surface area contributed by atoms with Crippen LogP contribution in [0, 0.1) is 6.92 Å². The zero-order chi connectivity index (χ0) is 10.8. The Kier molecular flexibility index (Phi) is 3.59. The number of hydrogen-bond acceptors (Lipinski definition) is 3. The van der Waals surface area contributed by atoms with E-state index in [1.807, 2.05) is 13.0 Å². The van der Waals surface area contributed by atoms with E-state index in [1.165, 1.54) is 11.3 Å². The van der Waals surface area contributed by atoms with Crippen molar-refractivity contribution in [2.45, 2.75) is 32.3 Å². The van der Waals surface area contributed by atoms with Crippen LogP contribution in [0.15, 0.2) is 9.85 Å². The first-order valence-electron chi connectivity index (χ1n) is 5.10. The standard InChI is InChI=1S/C11H13BrO2S/c1-7-6-9(15-11(7)12)10(13)8-4-2-3-5-14-8/h6,8H,2-5H2,1H3. The van der Waals surface area contributed by atoms with Gasteiger partial charge in [0.25, 0.3) is 0 Å². The van der Waals surface area contributed by atoms with Crippen molar-refractivity contribution in [1.29, 1.82) is 0 Å². The third-order valence-electron chi connectivity index (χ3n) is 2.57. The van der Waals surface area contributed by atoms with Gasteiger partial charge in [-0.1, -0.05) is 0 Å². The van der Waals surface area contributed by atoms with E-state index >= 15 is 0 Å². The Morgan fingerprint density at radius 1 is 1.60 bits per heavy atom. The number of aryl methyl sites for hydroxylation is 1. The molecule has 1 aliphatic rings. The maximum Gasteiger partial charge on any atom is 0.201 e. The second-order valence-corrected chi connectivity index (χ2v) is 6.16. The summed E-state index contributed by atoms with van der Waals surface area (Å²) in [6.45, 7) is 2.72. The van der Waals surface area contributed by atoms with Gasteiger partial charge in [-0.3, -0.25) is 4.79 Å². The first-order chi connectivity index (χ1) is 7.18. The molecule has 0 N–H and O–H groups in total. The molecule has 0 saturated carbocycles. The van der Waals surface area contributed by atoms with Gasteiger partial charge in [0.05, 0.1) is 8.66 Å². The molecule has 4 heteroatoms. The third kappa shape index (κ3) is 2.49. The van der Waals surface area contributed by atoms with Crippen LogP contribution in [0.1, 0.15) is 34.5 Å². The van der Waals surface area contributed by atoms with Gasteiger partial charge in [-0.05, 0) is 53.7 Å². The van der Waals surface area contributed by atoms with E-state index in [1.54, 1.807) is 0 Å². The summed E-state index contributed by atoms with van der Waals surface area (Å²) in [5.41, 5.74) is 1.12. The fourth-order valence-electron chi connectivity index (χ4n) is 1.69. The van der Waals surface area contributed by atoms with Crippen molar-refractivity contribution in [2.75, 3.05) is 6.61 Å². The van der Waals surface area contributed by atoms with Crippen molar-refractivity contribution in [3.05, 3.63) is 20.3 Å². The highest BCUT2D eigenvalue weighted by Crippen LogP contribution is 2.29. The molecule has 1 aliphatic heterocycles. The van der Waals surface area contributed by atoms with Crippen molar-refractivity contribution in [3.8, 4) is 0 Å². The molecular weight excluding hydrogens is 276 g/mol. The van der Waals surface area contributed by atoms with E-state index in [2.05, 4.69) is 15.9 Å². The summed E-state index contributed by atoms with van der Waals surface area (Å²) >= 11 is 4.94. The van der Waals surface area contributed by atoms with Crippen molar-refractivity contribution >= 4 is 33.0 Å². The minimum absolute atomic E-state index is 0.147. The second-order valence-electron chi connectivity index (χ2n) is 3.79. The third-order valence-corrected chi connectivity index (χ3v) is 4.72. The normalized spacial score (nSPS) is 21.6. The fourth-order valence-corrected chi connectivity index (χ4v) is 3.21. The highest BCUT2D eigenvalue weighted by molar-refractivity contribution is 9.11. The van der Waals surface area contributed by atoms with Crippen LogP contribution in [0.3, 0.4) is 0 Å². The van der Waals surface area contributed by atoms with Crippen LogP contribution in [0.25, 0.3) is 0 Å². The Morgan fingerprint density at radius 3 is 2.93 bits per heavy atom. The minimum atomic E-state index is -0.205. The minimum Gasteiger partial charge on any atom is -0.370 e. The maximum absolute atomic E-state index is 12.0. The molecule has 1 saturated heterocycles. The first-order valence-corrected chi connectivity index (χ1v) is 6.71. The van der Waals surface area contributed by atoms with E-state index in [0.717, 1.165) is 40.1 Å². The molecule has 2 heterocycles. The molecular formula is C11H13BrO2S. The zero-order valence-corrected chi connectivity index (χ0v) is 11.0. The van der Waals surface area contributed by atoms with Crippen molar-refractivity contribution in [2.24, 2.45) is 0 Å². The molecule has 0 spiro atoms.